The van der Waals surface area contributed by atoms with Crippen molar-refractivity contribution in [1.29, 1.82) is 0 Å². The highest BCUT2D eigenvalue weighted by Gasteiger charge is 2.98. The molecule has 0 amide bonds. The molecule has 4 saturated heterocycles. The number of ether oxygens (including phenoxy) is 4. The van der Waals surface area contributed by atoms with Gasteiger partial charge in [-0.2, -0.15) is 0 Å². The summed E-state index contributed by atoms with van der Waals surface area (Å²) in [5.41, 5.74) is 0. The van der Waals surface area contributed by atoms with E-state index < -0.39 is 18.1 Å². The predicted molar refractivity (Wildman–Crippen MR) is 31.5 cm³/mol. The molecule has 2 unspecified atom stereocenters. The van der Waals surface area contributed by atoms with E-state index >= 15 is 0 Å². The third kappa shape index (κ3) is 0.620. The van der Waals surface area contributed by atoms with Crippen LogP contribution in [-0.4, -0.2) is 47.6 Å². The molecule has 12 heavy (non-hydrogen) atoms. The SMILES string of the molecule is OCC(O)COC12OC3(OC13)O2. The number of aliphatic hydroxyl groups is 2. The summed E-state index contributed by atoms with van der Waals surface area (Å²) < 4.78 is 20.0. The van der Waals surface area contributed by atoms with Gasteiger partial charge < -0.3 is 19.7 Å². The summed E-state index contributed by atoms with van der Waals surface area (Å²) in [5, 5.41) is 17.4. The van der Waals surface area contributed by atoms with Crippen LogP contribution in [0.25, 0.3) is 0 Å². The van der Waals surface area contributed by atoms with E-state index in [1.807, 2.05) is 0 Å². The normalized spacial score (nSPS) is 55.0. The second kappa shape index (κ2) is 1.82. The van der Waals surface area contributed by atoms with Crippen LogP contribution in [0.3, 0.4) is 0 Å². The van der Waals surface area contributed by atoms with Gasteiger partial charge in [0, 0.05) is 0 Å². The van der Waals surface area contributed by atoms with Gasteiger partial charge in [0.05, 0.1) is 13.2 Å². The molecular weight excluding hydrogens is 168 g/mol. The molecule has 0 aromatic heterocycles. The van der Waals surface area contributed by atoms with E-state index in [0.29, 0.717) is 0 Å². The molecule has 4 aliphatic heterocycles. The van der Waals surface area contributed by atoms with Gasteiger partial charge in [-0.25, -0.2) is 0 Å². The molecule has 2 N–H and O–H groups in total. The number of hydrogen-bond acceptors (Lipinski definition) is 6. The van der Waals surface area contributed by atoms with Crippen molar-refractivity contribution in [2.45, 2.75) is 24.2 Å². The van der Waals surface area contributed by atoms with Gasteiger partial charge in [-0.15, -0.1) is 0 Å². The minimum absolute atomic E-state index is 0.0214. The van der Waals surface area contributed by atoms with Crippen molar-refractivity contribution in [3.8, 4) is 0 Å². The van der Waals surface area contributed by atoms with E-state index in [9.17, 15) is 0 Å². The van der Waals surface area contributed by atoms with Crippen LogP contribution in [-0.2, 0) is 18.9 Å². The molecule has 0 saturated carbocycles. The quantitative estimate of drug-likeness (QED) is 0.488. The Bertz CT molecular complexity index is 222. The summed E-state index contributed by atoms with van der Waals surface area (Å²) in [6.07, 6.45) is -1.03. The van der Waals surface area contributed by atoms with E-state index in [4.69, 9.17) is 29.2 Å². The summed E-state index contributed by atoms with van der Waals surface area (Å²) in [6.45, 7) is -0.362. The lowest BCUT2D eigenvalue weighted by atomic mass is 10.1. The van der Waals surface area contributed by atoms with Crippen molar-refractivity contribution in [1.82, 2.24) is 0 Å². The number of epoxide rings is 1. The summed E-state index contributed by atoms with van der Waals surface area (Å²) in [5.74, 6) is -1.86. The molecule has 6 nitrogen and oxygen atoms in total. The average molecular weight is 176 g/mol. The molecule has 0 aromatic rings. The third-order valence-electron chi connectivity index (χ3n) is 2.12. The van der Waals surface area contributed by atoms with Crippen LogP contribution in [0.15, 0.2) is 0 Å². The van der Waals surface area contributed by atoms with Gasteiger partial charge in [0.2, 0.25) is 6.10 Å². The fraction of sp³-hybridized carbons (Fsp3) is 1.00. The molecule has 0 aliphatic carbocycles. The predicted octanol–water partition coefficient (Wildman–Crippen LogP) is -1.88. The Labute approximate surface area is 67.6 Å². The van der Waals surface area contributed by atoms with Crippen LogP contribution < -0.4 is 0 Å². The largest absolute Gasteiger partial charge is 0.394 e. The summed E-state index contributed by atoms with van der Waals surface area (Å²) in [7, 11) is 0. The maximum atomic E-state index is 8.93. The minimum atomic E-state index is -1.07. The lowest BCUT2D eigenvalue weighted by Gasteiger charge is -2.51. The maximum Gasteiger partial charge on any atom is 0.328 e. The average Bonchev–Trinajstić information content (AvgIpc) is 2.51. The smallest absolute Gasteiger partial charge is 0.328 e. The molecule has 2 bridgehead atoms. The van der Waals surface area contributed by atoms with Crippen molar-refractivity contribution in [3.05, 3.63) is 0 Å². The molecular formula is C6H8O6. The van der Waals surface area contributed by atoms with Crippen LogP contribution in [0, 0.1) is 0 Å². The molecule has 68 valence electrons. The van der Waals surface area contributed by atoms with Gasteiger partial charge in [0.15, 0.2) is 0 Å². The van der Waals surface area contributed by atoms with Crippen LogP contribution in [0.4, 0.5) is 0 Å². The number of rotatable bonds is 4. The first-order valence-electron chi connectivity index (χ1n) is 3.72. The van der Waals surface area contributed by atoms with Crippen LogP contribution in [0.5, 0.6) is 0 Å². The molecule has 4 rings (SSSR count). The Kier molecular flexibility index (Phi) is 1.09. The highest BCUT2D eigenvalue weighted by Crippen LogP contribution is 2.72. The standard InChI is InChI=1S/C6H8O6/c7-1-3(8)2-9-5-4-6(10-4,11-5)12-5/h3-4,7-8H,1-2H2. The lowest BCUT2D eigenvalue weighted by Crippen LogP contribution is -2.74. The Morgan fingerprint density at radius 2 is 2.25 bits per heavy atom. The fourth-order valence-electron chi connectivity index (χ4n) is 1.37. The molecule has 1 spiro atoms. The number of aliphatic hydroxyl groups excluding tert-OH is 2. The molecule has 0 aromatic carbocycles. The zero-order valence-corrected chi connectivity index (χ0v) is 6.10. The van der Waals surface area contributed by atoms with Crippen LogP contribution >= 0.6 is 0 Å². The third-order valence-corrected chi connectivity index (χ3v) is 2.12. The van der Waals surface area contributed by atoms with Crippen molar-refractivity contribution >= 4 is 0 Å². The topological polar surface area (TPSA) is 80.7 Å². The first-order chi connectivity index (χ1) is 5.71. The van der Waals surface area contributed by atoms with Crippen molar-refractivity contribution in [2.75, 3.05) is 13.2 Å². The fourth-order valence-corrected chi connectivity index (χ4v) is 1.37. The van der Waals surface area contributed by atoms with E-state index in [1.165, 1.54) is 0 Å². The van der Waals surface area contributed by atoms with Crippen molar-refractivity contribution in [3.63, 3.8) is 0 Å². The second-order valence-electron chi connectivity index (χ2n) is 3.06. The molecule has 2 atom stereocenters. The van der Waals surface area contributed by atoms with E-state index in [-0.39, 0.29) is 19.3 Å². The minimum Gasteiger partial charge on any atom is -0.394 e. The van der Waals surface area contributed by atoms with Gasteiger partial charge in [-0.3, -0.25) is 9.47 Å². The zero-order valence-electron chi connectivity index (χ0n) is 6.10. The van der Waals surface area contributed by atoms with Gasteiger partial charge in [-0.05, 0) is 0 Å². The Hall–Kier alpha value is -0.240. The van der Waals surface area contributed by atoms with Gasteiger partial charge in [-0.1, -0.05) is 0 Å². The van der Waals surface area contributed by atoms with Crippen LogP contribution in [0.2, 0.25) is 0 Å². The first-order valence-corrected chi connectivity index (χ1v) is 3.72. The Morgan fingerprint density at radius 1 is 1.50 bits per heavy atom. The van der Waals surface area contributed by atoms with Gasteiger partial charge in [0.1, 0.15) is 6.10 Å². The maximum absolute atomic E-state index is 8.93. The first kappa shape index (κ1) is 7.19. The van der Waals surface area contributed by atoms with Gasteiger partial charge in [0.25, 0.3) is 0 Å². The van der Waals surface area contributed by atoms with E-state index in [0.717, 1.165) is 0 Å². The monoisotopic (exact) mass is 176 g/mol. The van der Waals surface area contributed by atoms with Crippen LogP contribution in [0.1, 0.15) is 0 Å². The molecule has 0 radical (unpaired) electrons. The second-order valence-corrected chi connectivity index (χ2v) is 3.06. The highest BCUT2D eigenvalue weighted by molar-refractivity contribution is 5.15. The zero-order chi connectivity index (χ0) is 8.40. The molecule has 4 heterocycles. The molecule has 4 aliphatic rings. The Morgan fingerprint density at radius 3 is 2.67 bits per heavy atom. The van der Waals surface area contributed by atoms with Gasteiger partial charge >= 0.3 is 11.9 Å². The van der Waals surface area contributed by atoms with E-state index in [1.54, 1.807) is 0 Å². The van der Waals surface area contributed by atoms with Crippen molar-refractivity contribution < 1.29 is 29.2 Å². The Balaban J connectivity index is 1.51. The van der Waals surface area contributed by atoms with Crippen molar-refractivity contribution in [2.24, 2.45) is 0 Å². The highest BCUT2D eigenvalue weighted by atomic mass is 17.2. The summed E-state index contributed by atoms with van der Waals surface area (Å²) in [6, 6.07) is 0. The molecule has 4 fully saturated rings. The van der Waals surface area contributed by atoms with E-state index in [2.05, 4.69) is 0 Å². The summed E-state index contributed by atoms with van der Waals surface area (Å²) in [4.78, 5) is 0. The summed E-state index contributed by atoms with van der Waals surface area (Å²) >= 11 is 0. The number of hydrogen-bond donors (Lipinski definition) is 2. The lowest BCUT2D eigenvalue weighted by molar-refractivity contribution is -0.630. The molecule has 6 heteroatoms.